The summed E-state index contributed by atoms with van der Waals surface area (Å²) in [7, 11) is 2.12. The highest BCUT2D eigenvalue weighted by atomic mass is 15.1. The van der Waals surface area contributed by atoms with Crippen molar-refractivity contribution in [2.24, 2.45) is 0 Å². The first-order valence-corrected chi connectivity index (χ1v) is 8.09. The van der Waals surface area contributed by atoms with Gasteiger partial charge in [0.2, 0.25) is 0 Å². The third kappa shape index (κ3) is 2.18. The van der Waals surface area contributed by atoms with Gasteiger partial charge in [0.05, 0.1) is 0 Å². The second kappa shape index (κ2) is 5.47. The van der Waals surface area contributed by atoms with Crippen LogP contribution in [0.2, 0.25) is 0 Å². The van der Waals surface area contributed by atoms with Crippen molar-refractivity contribution in [1.29, 1.82) is 0 Å². The molecule has 0 saturated heterocycles. The van der Waals surface area contributed by atoms with Gasteiger partial charge < -0.3 is 9.47 Å². The lowest BCUT2D eigenvalue weighted by atomic mass is 10.1. The van der Waals surface area contributed by atoms with Gasteiger partial charge in [-0.25, -0.2) is 0 Å². The van der Waals surface area contributed by atoms with Crippen LogP contribution in [0.3, 0.4) is 0 Å². The third-order valence-electron chi connectivity index (χ3n) is 4.60. The first kappa shape index (κ1) is 13.9. The lowest BCUT2D eigenvalue weighted by Crippen LogP contribution is -2.08. The number of fused-ring (bicyclic) bond motifs is 3. The zero-order chi connectivity index (χ0) is 15.8. The van der Waals surface area contributed by atoms with Gasteiger partial charge >= 0.3 is 0 Å². The van der Waals surface area contributed by atoms with Gasteiger partial charge in [-0.1, -0.05) is 36.4 Å². The molecule has 0 amide bonds. The van der Waals surface area contributed by atoms with E-state index in [2.05, 4.69) is 96.2 Å². The molecular weight excluding hydrogens is 280 g/mol. The highest BCUT2D eigenvalue weighted by Gasteiger charge is 2.11. The van der Waals surface area contributed by atoms with Crippen LogP contribution >= 0.6 is 0 Å². The van der Waals surface area contributed by atoms with Crippen molar-refractivity contribution >= 4 is 33.2 Å². The van der Waals surface area contributed by atoms with Crippen LogP contribution in [0.5, 0.6) is 0 Å². The molecule has 4 aromatic rings. The standard InChI is InChI=1S/C21H20N2/c1-3-23-20-12-8-7-11-18(20)19-15-17(13-14-21(19)23)22(2)16-9-5-4-6-10-16/h4-15H,3H2,1-2H3. The minimum atomic E-state index is 0.984. The first-order valence-electron chi connectivity index (χ1n) is 8.09. The van der Waals surface area contributed by atoms with Crippen LogP contribution < -0.4 is 4.90 Å². The van der Waals surface area contributed by atoms with Crippen LogP contribution in [0, 0.1) is 0 Å². The lowest BCUT2D eigenvalue weighted by molar-refractivity contribution is 0.827. The van der Waals surface area contributed by atoms with E-state index in [0.717, 1.165) is 6.54 Å². The normalized spacial score (nSPS) is 11.2. The molecule has 2 heteroatoms. The Hall–Kier alpha value is -2.74. The molecule has 0 aliphatic carbocycles. The molecule has 0 atom stereocenters. The number of para-hydroxylation sites is 2. The van der Waals surface area contributed by atoms with E-state index in [1.807, 2.05) is 0 Å². The second-order valence-electron chi connectivity index (χ2n) is 5.86. The molecule has 1 heterocycles. The molecule has 2 nitrogen and oxygen atoms in total. The molecule has 0 aliphatic heterocycles. The van der Waals surface area contributed by atoms with E-state index in [4.69, 9.17) is 0 Å². The van der Waals surface area contributed by atoms with E-state index in [-0.39, 0.29) is 0 Å². The van der Waals surface area contributed by atoms with Gasteiger partial charge in [-0.2, -0.15) is 0 Å². The third-order valence-corrected chi connectivity index (χ3v) is 4.60. The van der Waals surface area contributed by atoms with Gasteiger partial charge in [0, 0.05) is 46.8 Å². The molecule has 0 aliphatic rings. The topological polar surface area (TPSA) is 8.17 Å². The van der Waals surface area contributed by atoms with Crippen molar-refractivity contribution in [3.8, 4) is 0 Å². The van der Waals surface area contributed by atoms with Crippen LogP contribution in [-0.2, 0) is 6.54 Å². The maximum Gasteiger partial charge on any atom is 0.0492 e. The Morgan fingerprint density at radius 3 is 2.22 bits per heavy atom. The highest BCUT2D eigenvalue weighted by molar-refractivity contribution is 6.09. The molecule has 0 N–H and O–H groups in total. The van der Waals surface area contributed by atoms with Crippen LogP contribution in [0.15, 0.2) is 72.8 Å². The van der Waals surface area contributed by atoms with Gasteiger partial charge in [-0.3, -0.25) is 0 Å². The van der Waals surface area contributed by atoms with Crippen molar-refractivity contribution < 1.29 is 0 Å². The smallest absolute Gasteiger partial charge is 0.0492 e. The fourth-order valence-electron chi connectivity index (χ4n) is 3.39. The van der Waals surface area contributed by atoms with Gasteiger partial charge in [0.25, 0.3) is 0 Å². The summed E-state index contributed by atoms with van der Waals surface area (Å²) >= 11 is 0. The van der Waals surface area contributed by atoms with Gasteiger partial charge in [-0.15, -0.1) is 0 Å². The summed E-state index contributed by atoms with van der Waals surface area (Å²) in [5.74, 6) is 0. The molecular formula is C21H20N2. The summed E-state index contributed by atoms with van der Waals surface area (Å²) in [5.41, 5.74) is 5.03. The fraction of sp³-hybridized carbons (Fsp3) is 0.143. The van der Waals surface area contributed by atoms with E-state index in [9.17, 15) is 0 Å². The number of nitrogens with zero attached hydrogens (tertiary/aromatic N) is 2. The Kier molecular flexibility index (Phi) is 3.30. The zero-order valence-electron chi connectivity index (χ0n) is 13.5. The minimum absolute atomic E-state index is 0.984. The summed E-state index contributed by atoms with van der Waals surface area (Å²) in [6.07, 6.45) is 0. The molecule has 23 heavy (non-hydrogen) atoms. The zero-order valence-corrected chi connectivity index (χ0v) is 13.5. The summed E-state index contributed by atoms with van der Waals surface area (Å²) in [6.45, 7) is 3.19. The van der Waals surface area contributed by atoms with E-state index in [1.165, 1.54) is 33.2 Å². The Labute approximate surface area is 136 Å². The number of hydrogen-bond acceptors (Lipinski definition) is 1. The maximum atomic E-state index is 2.39. The summed E-state index contributed by atoms with van der Waals surface area (Å²) < 4.78 is 2.39. The summed E-state index contributed by atoms with van der Waals surface area (Å²) in [5, 5.41) is 2.65. The number of aromatic nitrogens is 1. The molecule has 0 bridgehead atoms. The molecule has 114 valence electrons. The van der Waals surface area contributed by atoms with Crippen LogP contribution in [0.1, 0.15) is 6.92 Å². The Bertz CT molecular complexity index is 967. The number of rotatable bonds is 3. The van der Waals surface area contributed by atoms with Crippen molar-refractivity contribution in [1.82, 2.24) is 4.57 Å². The van der Waals surface area contributed by atoms with Crippen molar-refractivity contribution in [2.45, 2.75) is 13.5 Å². The van der Waals surface area contributed by atoms with Crippen molar-refractivity contribution in [3.63, 3.8) is 0 Å². The van der Waals surface area contributed by atoms with Crippen molar-refractivity contribution in [3.05, 3.63) is 72.8 Å². The van der Waals surface area contributed by atoms with Gasteiger partial charge in [0.1, 0.15) is 0 Å². The van der Waals surface area contributed by atoms with E-state index in [1.54, 1.807) is 0 Å². The number of aryl methyl sites for hydroxylation is 1. The number of anilines is 2. The van der Waals surface area contributed by atoms with E-state index in [0.29, 0.717) is 0 Å². The first-order chi connectivity index (χ1) is 11.3. The van der Waals surface area contributed by atoms with E-state index >= 15 is 0 Å². The van der Waals surface area contributed by atoms with Crippen LogP contribution in [-0.4, -0.2) is 11.6 Å². The molecule has 3 aromatic carbocycles. The molecule has 0 fully saturated rings. The lowest BCUT2D eigenvalue weighted by Gasteiger charge is -2.19. The van der Waals surface area contributed by atoms with Crippen LogP contribution in [0.4, 0.5) is 11.4 Å². The highest BCUT2D eigenvalue weighted by Crippen LogP contribution is 2.33. The molecule has 0 saturated carbocycles. The fourth-order valence-corrected chi connectivity index (χ4v) is 3.39. The second-order valence-corrected chi connectivity index (χ2v) is 5.86. The Balaban J connectivity index is 1.93. The Morgan fingerprint density at radius 1 is 0.739 bits per heavy atom. The average Bonchev–Trinajstić information content (AvgIpc) is 2.95. The molecule has 0 spiro atoms. The summed E-state index contributed by atoms with van der Waals surface area (Å²) in [4.78, 5) is 2.23. The Morgan fingerprint density at radius 2 is 1.43 bits per heavy atom. The van der Waals surface area contributed by atoms with Gasteiger partial charge in [0.15, 0.2) is 0 Å². The number of benzene rings is 3. The maximum absolute atomic E-state index is 2.39. The minimum Gasteiger partial charge on any atom is -0.345 e. The molecule has 0 unspecified atom stereocenters. The quantitative estimate of drug-likeness (QED) is 0.479. The van der Waals surface area contributed by atoms with Crippen molar-refractivity contribution in [2.75, 3.05) is 11.9 Å². The predicted molar refractivity (Wildman–Crippen MR) is 99.6 cm³/mol. The monoisotopic (exact) mass is 300 g/mol. The average molecular weight is 300 g/mol. The largest absolute Gasteiger partial charge is 0.345 e. The van der Waals surface area contributed by atoms with E-state index < -0.39 is 0 Å². The van der Waals surface area contributed by atoms with Crippen LogP contribution in [0.25, 0.3) is 21.8 Å². The molecule has 4 rings (SSSR count). The SMILES string of the molecule is CCn1c2ccccc2c2cc(N(C)c3ccccc3)ccc21. The summed E-state index contributed by atoms with van der Waals surface area (Å²) in [6, 6.07) is 25.9. The predicted octanol–water partition coefficient (Wildman–Crippen LogP) is 5.58. The number of hydrogen-bond donors (Lipinski definition) is 0. The molecule has 1 aromatic heterocycles. The van der Waals surface area contributed by atoms with Gasteiger partial charge in [-0.05, 0) is 43.3 Å². The molecule has 0 radical (unpaired) electrons.